The van der Waals surface area contributed by atoms with Crippen LogP contribution < -0.4 is 0 Å². The molecule has 0 bridgehead atoms. The van der Waals surface area contributed by atoms with Gasteiger partial charge in [0.15, 0.2) is 0 Å². The molecule has 0 N–H and O–H groups in total. The summed E-state index contributed by atoms with van der Waals surface area (Å²) in [6.07, 6.45) is 2.35. The number of hydrogen-bond donors (Lipinski definition) is 0. The minimum Gasteiger partial charge on any atom is -0.452 e. The van der Waals surface area contributed by atoms with Crippen molar-refractivity contribution in [3.8, 4) is 0 Å². The molecular formula is C11H23NO2. The van der Waals surface area contributed by atoms with Gasteiger partial charge in [-0.05, 0) is 24.8 Å². The van der Waals surface area contributed by atoms with E-state index in [-0.39, 0.29) is 0 Å². The van der Waals surface area contributed by atoms with Gasteiger partial charge in [0.2, 0.25) is 0 Å². The number of hydrogen-bond acceptors (Lipinski definition) is 3. The largest absolute Gasteiger partial charge is 0.452 e. The average molecular weight is 201 g/mol. The SMILES string of the molecule is CCN(CCCC(C)(C)C)COC=O. The van der Waals surface area contributed by atoms with Crippen LogP contribution in [-0.2, 0) is 9.53 Å². The molecule has 0 spiro atoms. The Morgan fingerprint density at radius 2 is 2.00 bits per heavy atom. The molecule has 3 heteroatoms. The summed E-state index contributed by atoms with van der Waals surface area (Å²) in [5, 5.41) is 0. The van der Waals surface area contributed by atoms with E-state index in [1.807, 2.05) is 0 Å². The highest BCUT2D eigenvalue weighted by atomic mass is 16.5. The highest BCUT2D eigenvalue weighted by Crippen LogP contribution is 2.20. The molecule has 0 unspecified atom stereocenters. The Bertz CT molecular complexity index is 152. The first-order valence-electron chi connectivity index (χ1n) is 5.27. The Balaban J connectivity index is 3.57. The van der Waals surface area contributed by atoms with Crippen LogP contribution in [0.3, 0.4) is 0 Å². The fraction of sp³-hybridized carbons (Fsp3) is 0.909. The molecule has 0 atom stereocenters. The third kappa shape index (κ3) is 8.05. The molecule has 0 saturated heterocycles. The summed E-state index contributed by atoms with van der Waals surface area (Å²) in [6, 6.07) is 0. The second-order valence-electron chi connectivity index (χ2n) is 4.77. The van der Waals surface area contributed by atoms with Crippen molar-refractivity contribution in [3.63, 3.8) is 0 Å². The van der Waals surface area contributed by atoms with E-state index in [2.05, 4.69) is 32.6 Å². The van der Waals surface area contributed by atoms with Gasteiger partial charge in [-0.3, -0.25) is 9.69 Å². The Kier molecular flexibility index (Phi) is 6.54. The van der Waals surface area contributed by atoms with Crippen LogP contribution in [0.2, 0.25) is 0 Å². The monoisotopic (exact) mass is 201 g/mol. The van der Waals surface area contributed by atoms with Gasteiger partial charge in [-0.25, -0.2) is 0 Å². The molecule has 84 valence electrons. The van der Waals surface area contributed by atoms with Crippen molar-refractivity contribution in [1.82, 2.24) is 4.90 Å². The van der Waals surface area contributed by atoms with Crippen LogP contribution in [0.5, 0.6) is 0 Å². The van der Waals surface area contributed by atoms with Crippen LogP contribution in [0.1, 0.15) is 40.5 Å². The quantitative estimate of drug-likeness (QED) is 0.467. The Labute approximate surface area is 87.4 Å². The zero-order valence-corrected chi connectivity index (χ0v) is 9.88. The first kappa shape index (κ1) is 13.4. The molecule has 0 saturated carbocycles. The number of carbonyl (C=O) groups is 1. The van der Waals surface area contributed by atoms with Crippen LogP contribution in [0.15, 0.2) is 0 Å². The van der Waals surface area contributed by atoms with Gasteiger partial charge in [0.1, 0.15) is 6.73 Å². The molecular weight excluding hydrogens is 178 g/mol. The maximum Gasteiger partial charge on any atom is 0.294 e. The van der Waals surface area contributed by atoms with Crippen molar-refractivity contribution in [2.45, 2.75) is 40.5 Å². The van der Waals surface area contributed by atoms with Crippen molar-refractivity contribution < 1.29 is 9.53 Å². The van der Waals surface area contributed by atoms with E-state index in [0.717, 1.165) is 19.5 Å². The van der Waals surface area contributed by atoms with Gasteiger partial charge in [0, 0.05) is 6.54 Å². The van der Waals surface area contributed by atoms with Crippen molar-refractivity contribution in [2.75, 3.05) is 19.8 Å². The predicted molar refractivity (Wildman–Crippen MR) is 58.0 cm³/mol. The van der Waals surface area contributed by atoms with Crippen molar-refractivity contribution in [2.24, 2.45) is 5.41 Å². The Morgan fingerprint density at radius 3 is 2.43 bits per heavy atom. The summed E-state index contributed by atoms with van der Waals surface area (Å²) in [5.41, 5.74) is 0.394. The summed E-state index contributed by atoms with van der Waals surface area (Å²) < 4.78 is 4.71. The predicted octanol–water partition coefficient (Wildman–Crippen LogP) is 2.27. The molecule has 0 aromatic heterocycles. The average Bonchev–Trinajstić information content (AvgIpc) is 2.09. The van der Waals surface area contributed by atoms with Crippen molar-refractivity contribution in [3.05, 3.63) is 0 Å². The molecule has 0 rings (SSSR count). The lowest BCUT2D eigenvalue weighted by Gasteiger charge is -2.22. The van der Waals surface area contributed by atoms with Crippen LogP contribution in [0.4, 0.5) is 0 Å². The summed E-state index contributed by atoms with van der Waals surface area (Å²) in [4.78, 5) is 12.1. The highest BCUT2D eigenvalue weighted by Gasteiger charge is 2.10. The molecule has 14 heavy (non-hydrogen) atoms. The van der Waals surface area contributed by atoms with Crippen LogP contribution in [0, 0.1) is 5.41 Å². The fourth-order valence-electron chi connectivity index (χ4n) is 1.28. The van der Waals surface area contributed by atoms with Gasteiger partial charge in [0.25, 0.3) is 6.47 Å². The summed E-state index contributed by atoms with van der Waals surface area (Å²) in [6.45, 7) is 11.7. The topological polar surface area (TPSA) is 29.5 Å². The Morgan fingerprint density at radius 1 is 1.36 bits per heavy atom. The van der Waals surface area contributed by atoms with Gasteiger partial charge in [0.05, 0.1) is 0 Å². The first-order chi connectivity index (χ1) is 6.49. The number of ether oxygens (including phenoxy) is 1. The van der Waals surface area contributed by atoms with E-state index >= 15 is 0 Å². The van der Waals surface area contributed by atoms with Gasteiger partial charge in [-0.15, -0.1) is 0 Å². The molecule has 0 aliphatic heterocycles. The van der Waals surface area contributed by atoms with Crippen molar-refractivity contribution >= 4 is 6.47 Å². The van der Waals surface area contributed by atoms with Gasteiger partial charge in [-0.2, -0.15) is 0 Å². The zero-order chi connectivity index (χ0) is 11.0. The van der Waals surface area contributed by atoms with E-state index in [0.29, 0.717) is 18.6 Å². The highest BCUT2D eigenvalue weighted by molar-refractivity contribution is 5.36. The molecule has 0 aromatic rings. The third-order valence-corrected chi connectivity index (χ3v) is 2.17. The summed E-state index contributed by atoms with van der Waals surface area (Å²) in [5.74, 6) is 0. The lowest BCUT2D eigenvalue weighted by Crippen LogP contribution is -2.27. The van der Waals surface area contributed by atoms with Crippen molar-refractivity contribution in [1.29, 1.82) is 0 Å². The van der Waals surface area contributed by atoms with Crippen LogP contribution in [-0.4, -0.2) is 31.2 Å². The molecule has 0 fully saturated rings. The number of rotatable bonds is 7. The zero-order valence-electron chi connectivity index (χ0n) is 9.88. The van der Waals surface area contributed by atoms with E-state index in [4.69, 9.17) is 4.74 Å². The van der Waals surface area contributed by atoms with E-state index < -0.39 is 0 Å². The standard InChI is InChI=1S/C11H23NO2/c1-5-12(9-14-10-13)8-6-7-11(2,3)4/h10H,5-9H2,1-4H3. The first-order valence-corrected chi connectivity index (χ1v) is 5.27. The maximum absolute atomic E-state index is 10.0. The second-order valence-corrected chi connectivity index (χ2v) is 4.77. The molecule has 0 radical (unpaired) electrons. The third-order valence-electron chi connectivity index (χ3n) is 2.17. The smallest absolute Gasteiger partial charge is 0.294 e. The van der Waals surface area contributed by atoms with E-state index in [1.54, 1.807) is 0 Å². The molecule has 0 heterocycles. The van der Waals surface area contributed by atoms with Gasteiger partial charge < -0.3 is 4.74 Å². The summed E-state index contributed by atoms with van der Waals surface area (Å²) >= 11 is 0. The van der Waals surface area contributed by atoms with Crippen LogP contribution in [0.25, 0.3) is 0 Å². The minimum absolute atomic E-state index is 0.394. The van der Waals surface area contributed by atoms with Gasteiger partial charge >= 0.3 is 0 Å². The minimum atomic E-state index is 0.394. The van der Waals surface area contributed by atoms with Crippen LogP contribution >= 0.6 is 0 Å². The number of carbonyl (C=O) groups excluding carboxylic acids is 1. The maximum atomic E-state index is 10.0. The lowest BCUT2D eigenvalue weighted by atomic mass is 9.90. The normalized spacial score (nSPS) is 11.8. The van der Waals surface area contributed by atoms with E-state index in [9.17, 15) is 4.79 Å². The molecule has 0 aromatic carbocycles. The Hall–Kier alpha value is -0.570. The molecule has 0 amide bonds. The molecule has 3 nitrogen and oxygen atoms in total. The summed E-state index contributed by atoms with van der Waals surface area (Å²) in [7, 11) is 0. The number of nitrogens with zero attached hydrogens (tertiary/aromatic N) is 1. The van der Waals surface area contributed by atoms with Gasteiger partial charge in [-0.1, -0.05) is 27.7 Å². The lowest BCUT2D eigenvalue weighted by molar-refractivity contribution is -0.133. The van der Waals surface area contributed by atoms with E-state index in [1.165, 1.54) is 6.42 Å². The fourth-order valence-corrected chi connectivity index (χ4v) is 1.28. The second kappa shape index (κ2) is 6.82. The molecule has 0 aliphatic rings. The molecule has 0 aliphatic carbocycles.